The highest BCUT2D eigenvalue weighted by Crippen LogP contribution is 2.36. The number of rotatable bonds is 3. The molecule has 3 atom stereocenters. The number of ketones is 1. The zero-order valence-corrected chi connectivity index (χ0v) is 10.9. The lowest BCUT2D eigenvalue weighted by Crippen LogP contribution is -2.27. The van der Waals surface area contributed by atoms with Crippen LogP contribution in [0.15, 0.2) is 0 Å². The van der Waals surface area contributed by atoms with Gasteiger partial charge in [-0.15, -0.1) is 0 Å². The number of carbonyl (C=O) groups excluding carboxylic acids is 1. The Labute approximate surface area is 100.0 Å². The van der Waals surface area contributed by atoms with Gasteiger partial charge in [-0.05, 0) is 37.0 Å². The first-order valence-corrected chi connectivity index (χ1v) is 7.19. The number of Topliss-reactive ketones (excluding diaryl/α,β-unsaturated/α-hetero) is 1. The quantitative estimate of drug-likeness (QED) is 0.699. The van der Waals surface area contributed by atoms with E-state index in [4.69, 9.17) is 0 Å². The Morgan fingerprint density at radius 1 is 1.00 bits per heavy atom. The predicted octanol–water partition coefficient (Wildman–Crippen LogP) is 4.21. The number of hydrogen-bond acceptors (Lipinski definition) is 1. The van der Waals surface area contributed by atoms with Gasteiger partial charge in [-0.25, -0.2) is 0 Å². The molecule has 0 heterocycles. The van der Waals surface area contributed by atoms with Crippen LogP contribution in [0.2, 0.25) is 0 Å². The van der Waals surface area contributed by atoms with Crippen LogP contribution in [0.3, 0.4) is 0 Å². The zero-order valence-electron chi connectivity index (χ0n) is 10.9. The molecule has 0 aromatic carbocycles. The van der Waals surface area contributed by atoms with Crippen molar-refractivity contribution in [2.45, 2.75) is 65.2 Å². The second kappa shape index (κ2) is 5.33. The van der Waals surface area contributed by atoms with Gasteiger partial charge in [0, 0.05) is 12.3 Å². The van der Waals surface area contributed by atoms with E-state index in [-0.39, 0.29) is 0 Å². The standard InChI is InChI=1S/C15H26O/c1-11-7-8-14(9-12(11)2)15(16)10-13-5-3-4-6-13/h11-14H,3-10H2,1-2H3. The molecule has 2 saturated carbocycles. The van der Waals surface area contributed by atoms with Crippen LogP contribution in [0.25, 0.3) is 0 Å². The maximum atomic E-state index is 12.2. The molecule has 0 saturated heterocycles. The molecule has 0 spiro atoms. The third-order valence-electron chi connectivity index (χ3n) is 5.02. The summed E-state index contributed by atoms with van der Waals surface area (Å²) in [6, 6.07) is 0. The molecule has 3 unspecified atom stereocenters. The van der Waals surface area contributed by atoms with Crippen LogP contribution in [0.1, 0.15) is 65.2 Å². The van der Waals surface area contributed by atoms with Gasteiger partial charge < -0.3 is 0 Å². The number of carbonyl (C=O) groups is 1. The van der Waals surface area contributed by atoms with Gasteiger partial charge in [0.25, 0.3) is 0 Å². The zero-order chi connectivity index (χ0) is 11.5. The maximum absolute atomic E-state index is 12.2. The van der Waals surface area contributed by atoms with Crippen LogP contribution in [0, 0.1) is 23.7 Å². The van der Waals surface area contributed by atoms with Gasteiger partial charge in [-0.1, -0.05) is 39.5 Å². The third kappa shape index (κ3) is 2.87. The van der Waals surface area contributed by atoms with Crippen LogP contribution in [-0.4, -0.2) is 5.78 Å². The smallest absolute Gasteiger partial charge is 0.136 e. The first-order valence-electron chi connectivity index (χ1n) is 7.19. The van der Waals surface area contributed by atoms with Gasteiger partial charge in [0.15, 0.2) is 0 Å². The highest BCUT2D eigenvalue weighted by Gasteiger charge is 2.30. The molecule has 2 fully saturated rings. The molecule has 0 radical (unpaired) electrons. The van der Waals surface area contributed by atoms with E-state index in [0.29, 0.717) is 11.7 Å². The Morgan fingerprint density at radius 2 is 1.69 bits per heavy atom. The summed E-state index contributed by atoms with van der Waals surface area (Å²) in [6.45, 7) is 4.65. The van der Waals surface area contributed by atoms with Gasteiger partial charge >= 0.3 is 0 Å². The van der Waals surface area contributed by atoms with Crippen molar-refractivity contribution in [2.24, 2.45) is 23.7 Å². The molecule has 1 nitrogen and oxygen atoms in total. The lowest BCUT2D eigenvalue weighted by atomic mass is 9.73. The normalized spacial score (nSPS) is 36.5. The minimum absolute atomic E-state index is 0.409. The Balaban J connectivity index is 1.80. The minimum atomic E-state index is 0.409. The highest BCUT2D eigenvalue weighted by atomic mass is 16.1. The summed E-state index contributed by atoms with van der Waals surface area (Å²) < 4.78 is 0. The average molecular weight is 222 g/mol. The summed E-state index contributed by atoms with van der Waals surface area (Å²) in [5.74, 6) is 3.32. The lowest BCUT2D eigenvalue weighted by molar-refractivity contribution is -0.125. The van der Waals surface area contributed by atoms with Crippen molar-refractivity contribution in [2.75, 3.05) is 0 Å². The van der Waals surface area contributed by atoms with Gasteiger partial charge in [0.05, 0.1) is 0 Å². The molecule has 0 bridgehead atoms. The fraction of sp³-hybridized carbons (Fsp3) is 0.933. The summed E-state index contributed by atoms with van der Waals surface area (Å²) in [7, 11) is 0. The predicted molar refractivity (Wildman–Crippen MR) is 67.3 cm³/mol. The van der Waals surface area contributed by atoms with Crippen LogP contribution < -0.4 is 0 Å². The van der Waals surface area contributed by atoms with E-state index in [0.717, 1.165) is 37.0 Å². The molecule has 0 aromatic rings. The molecular weight excluding hydrogens is 196 g/mol. The van der Waals surface area contributed by atoms with Crippen molar-refractivity contribution < 1.29 is 4.79 Å². The van der Waals surface area contributed by atoms with Gasteiger partial charge in [0.1, 0.15) is 5.78 Å². The summed E-state index contributed by atoms with van der Waals surface area (Å²) in [6.07, 6.45) is 9.82. The molecule has 92 valence electrons. The molecule has 2 aliphatic rings. The molecule has 16 heavy (non-hydrogen) atoms. The monoisotopic (exact) mass is 222 g/mol. The van der Waals surface area contributed by atoms with E-state index < -0.39 is 0 Å². The van der Waals surface area contributed by atoms with Crippen LogP contribution in [0.4, 0.5) is 0 Å². The fourth-order valence-electron chi connectivity index (χ4n) is 3.51. The first-order chi connectivity index (χ1) is 7.66. The van der Waals surface area contributed by atoms with E-state index in [1.807, 2.05) is 0 Å². The van der Waals surface area contributed by atoms with Crippen LogP contribution in [0.5, 0.6) is 0 Å². The Hall–Kier alpha value is -0.330. The topological polar surface area (TPSA) is 17.1 Å². The van der Waals surface area contributed by atoms with Crippen molar-refractivity contribution in [3.05, 3.63) is 0 Å². The van der Waals surface area contributed by atoms with E-state index in [9.17, 15) is 4.79 Å². The lowest BCUT2D eigenvalue weighted by Gasteiger charge is -2.31. The maximum Gasteiger partial charge on any atom is 0.136 e. The molecule has 0 amide bonds. The van der Waals surface area contributed by atoms with E-state index in [2.05, 4.69) is 13.8 Å². The SMILES string of the molecule is CC1CCC(C(=O)CC2CCCC2)CC1C. The van der Waals surface area contributed by atoms with Crippen molar-refractivity contribution in [1.29, 1.82) is 0 Å². The van der Waals surface area contributed by atoms with Gasteiger partial charge in [-0.3, -0.25) is 4.79 Å². The minimum Gasteiger partial charge on any atom is -0.299 e. The highest BCUT2D eigenvalue weighted by molar-refractivity contribution is 5.81. The van der Waals surface area contributed by atoms with Crippen LogP contribution >= 0.6 is 0 Å². The van der Waals surface area contributed by atoms with E-state index in [1.54, 1.807) is 0 Å². The summed E-state index contributed by atoms with van der Waals surface area (Å²) in [4.78, 5) is 12.2. The van der Waals surface area contributed by atoms with E-state index in [1.165, 1.54) is 32.1 Å². The van der Waals surface area contributed by atoms with Crippen molar-refractivity contribution in [1.82, 2.24) is 0 Å². The molecule has 0 aromatic heterocycles. The molecule has 2 rings (SSSR count). The van der Waals surface area contributed by atoms with Gasteiger partial charge in [-0.2, -0.15) is 0 Å². The van der Waals surface area contributed by atoms with E-state index >= 15 is 0 Å². The molecule has 0 aliphatic heterocycles. The summed E-state index contributed by atoms with van der Waals surface area (Å²) >= 11 is 0. The molecular formula is C15H26O. The fourth-order valence-corrected chi connectivity index (χ4v) is 3.51. The second-order valence-electron chi connectivity index (χ2n) is 6.29. The Bertz CT molecular complexity index is 240. The second-order valence-corrected chi connectivity index (χ2v) is 6.29. The van der Waals surface area contributed by atoms with Gasteiger partial charge in [0.2, 0.25) is 0 Å². The Morgan fingerprint density at radius 3 is 2.31 bits per heavy atom. The van der Waals surface area contributed by atoms with Crippen molar-refractivity contribution in [3.8, 4) is 0 Å². The van der Waals surface area contributed by atoms with Crippen molar-refractivity contribution >= 4 is 5.78 Å². The summed E-state index contributed by atoms with van der Waals surface area (Å²) in [5.41, 5.74) is 0. The Kier molecular flexibility index (Phi) is 4.05. The largest absolute Gasteiger partial charge is 0.299 e. The third-order valence-corrected chi connectivity index (χ3v) is 5.02. The van der Waals surface area contributed by atoms with Crippen LogP contribution in [-0.2, 0) is 4.79 Å². The molecule has 1 heteroatoms. The molecule has 2 aliphatic carbocycles. The first kappa shape index (κ1) is 12.1. The number of hydrogen-bond donors (Lipinski definition) is 0. The molecule has 0 N–H and O–H groups in total. The average Bonchev–Trinajstić information content (AvgIpc) is 2.74. The van der Waals surface area contributed by atoms with Crippen molar-refractivity contribution in [3.63, 3.8) is 0 Å². The summed E-state index contributed by atoms with van der Waals surface area (Å²) in [5, 5.41) is 0.